The molecular formula is C31H31F2N5O5. The zero-order valence-electron chi connectivity index (χ0n) is 23.9. The molecule has 10 nitrogen and oxygen atoms in total. The number of amides is 1. The molecule has 1 N–H and O–H groups in total. The minimum atomic E-state index is -0.934. The van der Waals surface area contributed by atoms with Gasteiger partial charge in [-0.2, -0.15) is 4.98 Å². The van der Waals surface area contributed by atoms with Gasteiger partial charge in [0.15, 0.2) is 17.4 Å². The van der Waals surface area contributed by atoms with E-state index in [4.69, 9.17) is 18.7 Å². The Hall–Kier alpha value is -4.61. The number of halogens is 2. The molecule has 3 fully saturated rings. The number of carbonyl (C=O) groups is 1. The van der Waals surface area contributed by atoms with E-state index >= 15 is 0 Å². The van der Waals surface area contributed by atoms with Gasteiger partial charge in [0, 0.05) is 23.6 Å². The zero-order chi connectivity index (χ0) is 30.0. The van der Waals surface area contributed by atoms with Gasteiger partial charge in [0.2, 0.25) is 17.6 Å². The summed E-state index contributed by atoms with van der Waals surface area (Å²) in [4.78, 5) is 17.6. The van der Waals surface area contributed by atoms with Crippen LogP contribution in [0.3, 0.4) is 0 Å². The Morgan fingerprint density at radius 1 is 0.930 bits per heavy atom. The molecule has 2 bridgehead atoms. The fourth-order valence-electron chi connectivity index (χ4n) is 6.02. The van der Waals surface area contributed by atoms with Crippen LogP contribution in [0.5, 0.6) is 17.4 Å². The van der Waals surface area contributed by atoms with Crippen LogP contribution in [0.4, 0.5) is 8.78 Å². The second kappa shape index (κ2) is 11.6. The maximum Gasteiger partial charge on any atom is 0.251 e. The molecular weight excluding hydrogens is 560 g/mol. The Balaban J connectivity index is 1.05. The number of rotatable bonds is 10. The molecule has 43 heavy (non-hydrogen) atoms. The fraction of sp³-hybridized carbons (Fsp3) is 0.387. The van der Waals surface area contributed by atoms with E-state index in [1.165, 1.54) is 7.11 Å². The average Bonchev–Trinajstić information content (AvgIpc) is 3.56. The number of aromatic nitrogens is 4. The summed E-state index contributed by atoms with van der Waals surface area (Å²) in [6, 6.07) is 12.4. The first-order valence-electron chi connectivity index (χ1n) is 14.1. The molecule has 3 aliphatic carbocycles. The Morgan fingerprint density at radius 2 is 1.63 bits per heavy atom. The lowest BCUT2D eigenvalue weighted by Crippen LogP contribution is -2.49. The number of methoxy groups -OCH3 is 2. The number of benzene rings is 2. The first-order valence-corrected chi connectivity index (χ1v) is 14.1. The van der Waals surface area contributed by atoms with E-state index < -0.39 is 23.3 Å². The molecule has 3 saturated carbocycles. The lowest BCUT2D eigenvalue weighted by Gasteiger charge is -2.51. The maximum absolute atomic E-state index is 14.8. The molecule has 2 aromatic heterocycles. The minimum absolute atomic E-state index is 0.0339. The van der Waals surface area contributed by atoms with Crippen molar-refractivity contribution in [1.29, 1.82) is 0 Å². The van der Waals surface area contributed by atoms with Crippen molar-refractivity contribution in [2.75, 3.05) is 20.8 Å². The van der Waals surface area contributed by atoms with Crippen LogP contribution in [0.15, 0.2) is 53.1 Å². The average molecular weight is 592 g/mol. The second-order valence-electron chi connectivity index (χ2n) is 11.3. The molecule has 0 aliphatic heterocycles. The molecule has 0 saturated heterocycles. The Labute approximate surface area is 246 Å². The van der Waals surface area contributed by atoms with Gasteiger partial charge >= 0.3 is 0 Å². The SMILES string of the molecule is COc1ccc(COc2c(F)cc(C(=O)NCC34CCC(c5nc(-c6ccc(OC)nn6)no5)(CC3)CC4)cc2F)cc1. The molecule has 12 heteroatoms. The normalized spacial score (nSPS) is 20.9. The number of nitrogens with one attached hydrogen (secondary N) is 1. The first-order chi connectivity index (χ1) is 20.8. The second-order valence-corrected chi connectivity index (χ2v) is 11.3. The lowest BCUT2D eigenvalue weighted by molar-refractivity contribution is 0.0229. The van der Waals surface area contributed by atoms with Gasteiger partial charge in [-0.25, -0.2) is 8.78 Å². The first kappa shape index (κ1) is 28.5. The van der Waals surface area contributed by atoms with Crippen LogP contribution < -0.4 is 19.5 Å². The summed E-state index contributed by atoms with van der Waals surface area (Å²) in [5, 5.41) is 15.1. The van der Waals surface area contributed by atoms with Crippen LogP contribution in [0.25, 0.3) is 11.5 Å². The predicted molar refractivity (Wildman–Crippen MR) is 150 cm³/mol. The highest BCUT2D eigenvalue weighted by molar-refractivity contribution is 5.94. The Morgan fingerprint density at radius 3 is 2.23 bits per heavy atom. The van der Waals surface area contributed by atoms with Crippen LogP contribution in [0.1, 0.15) is 60.3 Å². The van der Waals surface area contributed by atoms with Crippen molar-refractivity contribution in [3.63, 3.8) is 0 Å². The van der Waals surface area contributed by atoms with E-state index in [2.05, 4.69) is 25.7 Å². The summed E-state index contributed by atoms with van der Waals surface area (Å²) in [7, 11) is 3.07. The molecule has 3 aliphatic rings. The van der Waals surface area contributed by atoms with Crippen LogP contribution in [-0.4, -0.2) is 47.0 Å². The standard InChI is InChI=1S/C31H31F2N5O5/c1-40-21-5-3-19(4-6-21)17-42-26-22(32)15-20(16-23(26)33)28(39)34-18-30-9-12-31(13-10-30,14-11-30)29-35-27(38-43-29)24-7-8-25(41-2)37-36-24/h3-8,15-16H,9-14,17-18H2,1-2H3,(H,34,39). The van der Waals surface area contributed by atoms with Gasteiger partial charge in [0.25, 0.3) is 5.91 Å². The topological polar surface area (TPSA) is 121 Å². The van der Waals surface area contributed by atoms with E-state index in [0.717, 1.165) is 56.2 Å². The molecule has 7 rings (SSSR count). The molecule has 0 spiro atoms. The number of hydrogen-bond acceptors (Lipinski definition) is 9. The van der Waals surface area contributed by atoms with Gasteiger partial charge < -0.3 is 24.1 Å². The van der Waals surface area contributed by atoms with Crippen molar-refractivity contribution in [1.82, 2.24) is 25.7 Å². The highest BCUT2D eigenvalue weighted by Crippen LogP contribution is 2.57. The molecule has 2 heterocycles. The largest absolute Gasteiger partial charge is 0.497 e. The predicted octanol–water partition coefficient (Wildman–Crippen LogP) is 5.42. The smallest absolute Gasteiger partial charge is 0.251 e. The van der Waals surface area contributed by atoms with E-state index in [1.54, 1.807) is 43.5 Å². The molecule has 224 valence electrons. The summed E-state index contributed by atoms with van der Waals surface area (Å²) in [6.07, 6.45) is 5.07. The van der Waals surface area contributed by atoms with Crippen LogP contribution in [0.2, 0.25) is 0 Å². The number of ether oxygens (including phenoxy) is 3. The van der Waals surface area contributed by atoms with Crippen LogP contribution in [0, 0.1) is 17.0 Å². The molecule has 4 aromatic rings. The minimum Gasteiger partial charge on any atom is -0.497 e. The van der Waals surface area contributed by atoms with E-state index in [9.17, 15) is 13.6 Å². The van der Waals surface area contributed by atoms with Gasteiger partial charge in [-0.3, -0.25) is 4.79 Å². The third-order valence-corrected chi connectivity index (χ3v) is 8.79. The monoisotopic (exact) mass is 591 g/mol. The summed E-state index contributed by atoms with van der Waals surface area (Å²) in [5.74, 6) is -0.880. The van der Waals surface area contributed by atoms with E-state index in [0.29, 0.717) is 35.6 Å². The van der Waals surface area contributed by atoms with Crippen LogP contribution >= 0.6 is 0 Å². The van der Waals surface area contributed by atoms with Crippen molar-refractivity contribution in [2.24, 2.45) is 5.41 Å². The van der Waals surface area contributed by atoms with E-state index in [1.807, 2.05) is 0 Å². The van der Waals surface area contributed by atoms with Crippen molar-refractivity contribution < 1.29 is 32.3 Å². The third-order valence-electron chi connectivity index (χ3n) is 8.79. The molecule has 0 radical (unpaired) electrons. The van der Waals surface area contributed by atoms with E-state index in [-0.39, 0.29) is 23.0 Å². The highest BCUT2D eigenvalue weighted by Gasteiger charge is 2.52. The maximum atomic E-state index is 14.8. The summed E-state index contributed by atoms with van der Waals surface area (Å²) >= 11 is 0. The molecule has 2 aromatic carbocycles. The highest BCUT2D eigenvalue weighted by atomic mass is 19.1. The van der Waals surface area contributed by atoms with Crippen LogP contribution in [-0.2, 0) is 12.0 Å². The molecule has 0 unspecified atom stereocenters. The summed E-state index contributed by atoms with van der Waals surface area (Å²) in [6.45, 7) is 0.380. The third kappa shape index (κ3) is 5.73. The molecule has 0 atom stereocenters. The lowest BCUT2D eigenvalue weighted by atomic mass is 9.53. The number of fused-ring (bicyclic) bond motifs is 3. The Bertz CT molecular complexity index is 1560. The summed E-state index contributed by atoms with van der Waals surface area (Å²) in [5.41, 5.74) is 0.811. The number of carbonyl (C=O) groups excluding carboxylic acids is 1. The van der Waals surface area contributed by atoms with Crippen molar-refractivity contribution >= 4 is 5.91 Å². The summed E-state index contributed by atoms with van der Waals surface area (Å²) < 4.78 is 50.8. The van der Waals surface area contributed by atoms with Gasteiger partial charge in [0.05, 0.1) is 14.2 Å². The van der Waals surface area contributed by atoms with Gasteiger partial charge in [-0.05, 0) is 79.8 Å². The van der Waals surface area contributed by atoms with Gasteiger partial charge in [-0.15, -0.1) is 10.2 Å². The van der Waals surface area contributed by atoms with Crippen molar-refractivity contribution in [2.45, 2.75) is 50.5 Å². The van der Waals surface area contributed by atoms with Crippen molar-refractivity contribution in [3.05, 3.63) is 77.2 Å². The van der Waals surface area contributed by atoms with Gasteiger partial charge in [-0.1, -0.05) is 17.3 Å². The zero-order valence-corrected chi connectivity index (χ0v) is 23.9. The Kier molecular flexibility index (Phi) is 7.68. The molecule has 1 amide bonds. The fourth-order valence-corrected chi connectivity index (χ4v) is 6.02. The number of nitrogens with zero attached hydrogens (tertiary/aromatic N) is 4. The van der Waals surface area contributed by atoms with Gasteiger partial charge in [0.1, 0.15) is 18.1 Å². The van der Waals surface area contributed by atoms with Crippen molar-refractivity contribution in [3.8, 4) is 28.9 Å². The quantitative estimate of drug-likeness (QED) is 0.258. The number of hydrogen-bond donors (Lipinski definition) is 1.